The molecule has 1 aliphatic rings. The van der Waals surface area contributed by atoms with Gasteiger partial charge in [-0.15, -0.1) is 0 Å². The monoisotopic (exact) mass is 410 g/mol. The number of nitrogens with one attached hydrogen (secondary N) is 1. The summed E-state index contributed by atoms with van der Waals surface area (Å²) in [5, 5.41) is 11.7. The maximum Gasteiger partial charge on any atom is 0.407 e. The van der Waals surface area contributed by atoms with Gasteiger partial charge in [-0.2, -0.15) is 0 Å². The van der Waals surface area contributed by atoms with Gasteiger partial charge in [0.15, 0.2) is 0 Å². The summed E-state index contributed by atoms with van der Waals surface area (Å²) in [6.45, 7) is 3.30. The third kappa shape index (κ3) is 4.15. The fraction of sp³-hybridized carbons (Fsp3) is 0.348. The Balaban J connectivity index is 1.66. The molecule has 0 saturated carbocycles. The second-order valence-corrected chi connectivity index (χ2v) is 7.39. The molecule has 2 atom stereocenters. The van der Waals surface area contributed by atoms with Crippen molar-refractivity contribution in [1.82, 2.24) is 10.2 Å². The van der Waals surface area contributed by atoms with Crippen LogP contribution in [0.25, 0.3) is 11.1 Å². The van der Waals surface area contributed by atoms with Crippen molar-refractivity contribution in [2.24, 2.45) is 0 Å². The van der Waals surface area contributed by atoms with Gasteiger partial charge in [0.1, 0.15) is 18.7 Å². The molecule has 0 heterocycles. The van der Waals surface area contributed by atoms with Gasteiger partial charge in [0.2, 0.25) is 5.91 Å². The van der Waals surface area contributed by atoms with E-state index in [1.54, 1.807) is 6.92 Å². The smallest absolute Gasteiger partial charge is 0.407 e. The van der Waals surface area contributed by atoms with Crippen LogP contribution in [0.15, 0.2) is 48.5 Å². The molecule has 158 valence electrons. The summed E-state index contributed by atoms with van der Waals surface area (Å²) in [7, 11) is 1.41. The van der Waals surface area contributed by atoms with Gasteiger partial charge in [0.25, 0.3) is 0 Å². The first-order chi connectivity index (χ1) is 14.3. The number of benzene rings is 2. The van der Waals surface area contributed by atoms with Crippen molar-refractivity contribution >= 4 is 18.0 Å². The molecule has 1 aliphatic carbocycles. The number of hydrogen-bond donors (Lipinski definition) is 2. The van der Waals surface area contributed by atoms with Crippen LogP contribution in [0.2, 0.25) is 0 Å². The van der Waals surface area contributed by atoms with Crippen LogP contribution in [0.5, 0.6) is 0 Å². The number of rotatable bonds is 7. The van der Waals surface area contributed by atoms with E-state index in [-0.39, 0.29) is 12.5 Å². The third-order valence-electron chi connectivity index (χ3n) is 5.63. The SMILES string of the molecule is CC[C@@H](NC(=O)OCC1c2ccccc2-c2ccccc21)C(=O)N(C)C(C)C(=O)O. The Morgan fingerprint density at radius 3 is 2.10 bits per heavy atom. The van der Waals surface area contributed by atoms with E-state index < -0.39 is 30.1 Å². The molecule has 2 N–H and O–H groups in total. The predicted octanol–water partition coefficient (Wildman–Crippen LogP) is 3.24. The summed E-state index contributed by atoms with van der Waals surface area (Å²) in [4.78, 5) is 37.2. The zero-order valence-corrected chi connectivity index (χ0v) is 17.3. The van der Waals surface area contributed by atoms with E-state index >= 15 is 0 Å². The minimum atomic E-state index is -1.11. The highest BCUT2D eigenvalue weighted by atomic mass is 16.5. The van der Waals surface area contributed by atoms with Crippen molar-refractivity contribution in [3.63, 3.8) is 0 Å². The number of carbonyl (C=O) groups excluding carboxylic acids is 2. The number of aliphatic carboxylic acids is 1. The Kier molecular flexibility index (Phi) is 6.40. The summed E-state index contributed by atoms with van der Waals surface area (Å²) in [5.41, 5.74) is 4.47. The third-order valence-corrected chi connectivity index (χ3v) is 5.63. The van der Waals surface area contributed by atoms with Crippen molar-refractivity contribution in [1.29, 1.82) is 0 Å². The lowest BCUT2D eigenvalue weighted by Gasteiger charge is -2.26. The van der Waals surface area contributed by atoms with E-state index in [0.717, 1.165) is 27.2 Å². The highest BCUT2D eigenvalue weighted by Gasteiger charge is 2.31. The Bertz CT molecular complexity index is 913. The van der Waals surface area contributed by atoms with Gasteiger partial charge < -0.3 is 20.1 Å². The van der Waals surface area contributed by atoms with E-state index in [4.69, 9.17) is 9.84 Å². The normalized spacial score (nSPS) is 14.2. The number of amides is 2. The molecule has 7 heteroatoms. The number of carbonyl (C=O) groups is 3. The first-order valence-corrected chi connectivity index (χ1v) is 9.96. The molecule has 30 heavy (non-hydrogen) atoms. The van der Waals surface area contributed by atoms with Crippen LogP contribution in [0.4, 0.5) is 4.79 Å². The zero-order valence-electron chi connectivity index (χ0n) is 17.3. The Morgan fingerprint density at radius 1 is 1.07 bits per heavy atom. The van der Waals surface area contributed by atoms with Crippen molar-refractivity contribution in [3.8, 4) is 11.1 Å². The number of ether oxygens (including phenoxy) is 1. The van der Waals surface area contributed by atoms with E-state index in [9.17, 15) is 14.4 Å². The van der Waals surface area contributed by atoms with Crippen LogP contribution in [0.3, 0.4) is 0 Å². The fourth-order valence-electron chi connectivity index (χ4n) is 3.72. The van der Waals surface area contributed by atoms with Gasteiger partial charge >= 0.3 is 12.1 Å². The number of carboxylic acid groups (broad SMARTS) is 1. The maximum absolute atomic E-state index is 12.5. The Hall–Kier alpha value is -3.35. The highest BCUT2D eigenvalue weighted by molar-refractivity contribution is 5.89. The van der Waals surface area contributed by atoms with Gasteiger partial charge in [-0.05, 0) is 35.6 Å². The molecule has 0 bridgehead atoms. The van der Waals surface area contributed by atoms with Gasteiger partial charge in [0.05, 0.1) is 0 Å². The average Bonchev–Trinajstić information content (AvgIpc) is 3.08. The maximum atomic E-state index is 12.5. The molecular formula is C23H26N2O5. The minimum Gasteiger partial charge on any atom is -0.480 e. The molecule has 3 rings (SSSR count). The minimum absolute atomic E-state index is 0.0753. The predicted molar refractivity (Wildman–Crippen MR) is 112 cm³/mol. The van der Waals surface area contributed by atoms with Crippen LogP contribution >= 0.6 is 0 Å². The average molecular weight is 410 g/mol. The Morgan fingerprint density at radius 2 is 1.60 bits per heavy atom. The van der Waals surface area contributed by atoms with Crippen LogP contribution < -0.4 is 5.32 Å². The summed E-state index contributed by atoms with van der Waals surface area (Å²) < 4.78 is 5.47. The second-order valence-electron chi connectivity index (χ2n) is 7.39. The lowest BCUT2D eigenvalue weighted by atomic mass is 9.98. The number of carboxylic acids is 1. The lowest BCUT2D eigenvalue weighted by Crippen LogP contribution is -2.51. The number of alkyl carbamates (subject to hydrolysis) is 1. The molecule has 0 aromatic heterocycles. The standard InChI is InChI=1S/C23H26N2O5/c1-4-20(21(26)25(3)14(2)22(27)28)24-23(29)30-13-19-17-11-7-5-9-15(17)16-10-6-8-12-18(16)19/h5-12,14,19-20H,4,13H2,1-3H3,(H,24,29)(H,27,28)/t14?,20-/m1/s1. The molecule has 2 aromatic rings. The second kappa shape index (κ2) is 8.98. The van der Waals surface area contributed by atoms with E-state index in [2.05, 4.69) is 17.4 Å². The largest absolute Gasteiger partial charge is 0.480 e. The van der Waals surface area contributed by atoms with Crippen LogP contribution in [-0.2, 0) is 14.3 Å². The molecule has 0 saturated heterocycles. The molecule has 1 unspecified atom stereocenters. The summed E-state index contributed by atoms with van der Waals surface area (Å²) >= 11 is 0. The molecular weight excluding hydrogens is 384 g/mol. The van der Waals surface area contributed by atoms with Gasteiger partial charge in [-0.3, -0.25) is 4.79 Å². The Labute approximate surface area is 175 Å². The van der Waals surface area contributed by atoms with E-state index in [1.165, 1.54) is 14.0 Å². The van der Waals surface area contributed by atoms with Crippen molar-refractivity contribution < 1.29 is 24.2 Å². The number of hydrogen-bond acceptors (Lipinski definition) is 4. The molecule has 2 amide bonds. The zero-order chi connectivity index (χ0) is 21.8. The van der Waals surface area contributed by atoms with Crippen molar-refractivity contribution in [3.05, 3.63) is 59.7 Å². The highest BCUT2D eigenvalue weighted by Crippen LogP contribution is 2.44. The fourth-order valence-corrected chi connectivity index (χ4v) is 3.72. The summed E-state index contributed by atoms with van der Waals surface area (Å²) in [5.74, 6) is -1.66. The molecule has 7 nitrogen and oxygen atoms in total. The van der Waals surface area contributed by atoms with Crippen molar-refractivity contribution in [2.75, 3.05) is 13.7 Å². The molecule has 0 fully saturated rings. The van der Waals surface area contributed by atoms with Crippen molar-refractivity contribution in [2.45, 2.75) is 38.3 Å². The quantitative estimate of drug-likeness (QED) is 0.731. The van der Waals surface area contributed by atoms with Gasteiger partial charge in [-0.25, -0.2) is 9.59 Å². The van der Waals surface area contributed by atoms with E-state index in [1.807, 2.05) is 36.4 Å². The van der Waals surface area contributed by atoms with E-state index in [0.29, 0.717) is 6.42 Å². The number of likely N-dealkylation sites (N-methyl/N-ethyl adjacent to an activating group) is 1. The molecule has 2 aromatic carbocycles. The van der Waals surface area contributed by atoms with Crippen LogP contribution in [-0.4, -0.2) is 53.7 Å². The number of nitrogens with zero attached hydrogens (tertiary/aromatic N) is 1. The lowest BCUT2D eigenvalue weighted by molar-refractivity contribution is -0.149. The molecule has 0 radical (unpaired) electrons. The summed E-state index contributed by atoms with van der Waals surface area (Å²) in [6, 6.07) is 14.2. The molecule has 0 spiro atoms. The molecule has 0 aliphatic heterocycles. The van der Waals surface area contributed by atoms with Crippen LogP contribution in [0, 0.1) is 0 Å². The van der Waals surface area contributed by atoms with Gasteiger partial charge in [0, 0.05) is 13.0 Å². The summed E-state index contributed by atoms with van der Waals surface area (Å²) in [6.07, 6.45) is -0.381. The topological polar surface area (TPSA) is 95.9 Å². The van der Waals surface area contributed by atoms with Gasteiger partial charge in [-0.1, -0.05) is 55.5 Å². The number of fused-ring (bicyclic) bond motifs is 3. The van der Waals surface area contributed by atoms with Crippen LogP contribution in [0.1, 0.15) is 37.3 Å². The first kappa shape index (κ1) is 21.4. The first-order valence-electron chi connectivity index (χ1n) is 9.96.